The van der Waals surface area contributed by atoms with Crippen LogP contribution in [0.1, 0.15) is 59.9 Å². The third kappa shape index (κ3) is 5.58. The van der Waals surface area contributed by atoms with E-state index in [9.17, 15) is 18.0 Å². The Morgan fingerprint density at radius 2 is 1.66 bits per heavy atom. The monoisotopic (exact) mass is 461 g/mol. The molecule has 0 spiro atoms. The van der Waals surface area contributed by atoms with Gasteiger partial charge >= 0.3 is 5.97 Å². The third-order valence-corrected chi connectivity index (χ3v) is 6.86. The van der Waals surface area contributed by atoms with Crippen molar-refractivity contribution in [3.8, 4) is 0 Å². The van der Waals surface area contributed by atoms with Crippen LogP contribution in [0.15, 0.2) is 35.2 Å². The van der Waals surface area contributed by atoms with Crippen LogP contribution in [-0.4, -0.2) is 49.0 Å². The average molecular weight is 462 g/mol. The lowest BCUT2D eigenvalue weighted by Crippen LogP contribution is -2.40. The predicted octanol–water partition coefficient (Wildman–Crippen LogP) is 2.75. The Morgan fingerprint density at radius 1 is 1.06 bits per heavy atom. The number of esters is 1. The van der Waals surface area contributed by atoms with Gasteiger partial charge in [-0.25, -0.2) is 18.4 Å². The molecule has 2 heterocycles. The van der Waals surface area contributed by atoms with E-state index in [4.69, 9.17) is 9.88 Å². The van der Waals surface area contributed by atoms with Crippen molar-refractivity contribution in [1.82, 2.24) is 9.47 Å². The quantitative estimate of drug-likeness (QED) is 0.665. The molecule has 1 amide bonds. The third-order valence-electron chi connectivity index (χ3n) is 5.94. The number of ether oxygens (including phenoxy) is 1. The normalized spacial score (nSPS) is 15.8. The fraction of sp³-hybridized carbons (Fsp3) is 0.478. The molecule has 9 heteroatoms. The number of sulfonamides is 1. The number of hydrogen-bond donors (Lipinski definition) is 1. The standard InChI is InChI=1S/C23H31N3O5S/c1-16-14-21(23(28)31-18(3)22(27)25-12-6-4-5-7-13-25)17(2)26(16)15-19-8-10-20(11-9-19)32(24,29)30/h8-11,14,18H,4-7,12-13,15H2,1-3H3,(H2,24,29,30)/t18-/m1/s1. The highest BCUT2D eigenvalue weighted by atomic mass is 32.2. The molecule has 174 valence electrons. The summed E-state index contributed by atoms with van der Waals surface area (Å²) in [7, 11) is -3.74. The average Bonchev–Trinajstić information content (AvgIpc) is 2.93. The van der Waals surface area contributed by atoms with E-state index in [1.165, 1.54) is 12.1 Å². The molecule has 1 aromatic heterocycles. The Labute approximate surface area is 189 Å². The van der Waals surface area contributed by atoms with Crippen molar-refractivity contribution in [2.24, 2.45) is 5.14 Å². The van der Waals surface area contributed by atoms with Crippen LogP contribution in [-0.2, 0) is 26.1 Å². The predicted molar refractivity (Wildman–Crippen MR) is 121 cm³/mol. The van der Waals surface area contributed by atoms with Crippen molar-refractivity contribution in [1.29, 1.82) is 0 Å². The van der Waals surface area contributed by atoms with Crippen LogP contribution in [0.5, 0.6) is 0 Å². The van der Waals surface area contributed by atoms with Crippen LogP contribution in [0.25, 0.3) is 0 Å². The Bertz CT molecular complexity index is 1080. The highest BCUT2D eigenvalue weighted by molar-refractivity contribution is 7.89. The van der Waals surface area contributed by atoms with Gasteiger partial charge in [-0.3, -0.25) is 4.79 Å². The highest BCUT2D eigenvalue weighted by Gasteiger charge is 2.26. The van der Waals surface area contributed by atoms with Crippen molar-refractivity contribution >= 4 is 21.9 Å². The molecule has 8 nitrogen and oxygen atoms in total. The van der Waals surface area contributed by atoms with Crippen molar-refractivity contribution in [3.05, 3.63) is 52.8 Å². The summed E-state index contributed by atoms with van der Waals surface area (Å²) in [4.78, 5) is 27.4. The lowest BCUT2D eigenvalue weighted by atomic mass is 10.2. The van der Waals surface area contributed by atoms with Gasteiger partial charge in [0.1, 0.15) is 0 Å². The molecule has 32 heavy (non-hydrogen) atoms. The van der Waals surface area contributed by atoms with Crippen molar-refractivity contribution in [2.45, 2.75) is 64.0 Å². The van der Waals surface area contributed by atoms with Crippen molar-refractivity contribution in [2.75, 3.05) is 13.1 Å². The number of primary sulfonamides is 1. The molecule has 1 saturated heterocycles. The summed E-state index contributed by atoms with van der Waals surface area (Å²) in [6.07, 6.45) is 3.36. The molecule has 1 aliphatic heterocycles. The Balaban J connectivity index is 1.70. The number of nitrogens with zero attached hydrogens (tertiary/aromatic N) is 2. The number of aryl methyl sites for hydroxylation is 1. The molecule has 2 N–H and O–H groups in total. The zero-order chi connectivity index (χ0) is 23.5. The van der Waals surface area contributed by atoms with Gasteiger partial charge in [0, 0.05) is 31.0 Å². The highest BCUT2D eigenvalue weighted by Crippen LogP contribution is 2.20. The van der Waals surface area contributed by atoms with Crippen LogP contribution in [0.2, 0.25) is 0 Å². The molecule has 1 atom stereocenters. The molecule has 2 aromatic rings. The maximum atomic E-state index is 12.8. The molecule has 1 aliphatic rings. The number of rotatable bonds is 6. The zero-order valence-corrected chi connectivity index (χ0v) is 19.7. The van der Waals surface area contributed by atoms with E-state index in [-0.39, 0.29) is 10.8 Å². The second-order valence-electron chi connectivity index (χ2n) is 8.35. The van der Waals surface area contributed by atoms with Crippen LogP contribution < -0.4 is 5.14 Å². The summed E-state index contributed by atoms with van der Waals surface area (Å²) >= 11 is 0. The SMILES string of the molecule is Cc1cc(C(=O)O[C@H](C)C(=O)N2CCCCCC2)c(C)n1Cc1ccc(S(N)(=O)=O)cc1. The van der Waals surface area contributed by atoms with Gasteiger partial charge in [0.05, 0.1) is 10.5 Å². The molecule has 0 radical (unpaired) electrons. The number of amides is 1. The maximum Gasteiger partial charge on any atom is 0.340 e. The summed E-state index contributed by atoms with van der Waals surface area (Å²) in [5.41, 5.74) is 2.86. The van der Waals surface area contributed by atoms with Crippen LogP contribution in [0.3, 0.4) is 0 Å². The summed E-state index contributed by atoms with van der Waals surface area (Å²) in [6, 6.07) is 8.06. The zero-order valence-electron chi connectivity index (χ0n) is 18.8. The smallest absolute Gasteiger partial charge is 0.340 e. The van der Waals surface area contributed by atoms with Gasteiger partial charge in [-0.2, -0.15) is 0 Å². The number of carbonyl (C=O) groups excluding carboxylic acids is 2. The molecule has 0 saturated carbocycles. The first-order valence-corrected chi connectivity index (χ1v) is 12.4. The lowest BCUT2D eigenvalue weighted by molar-refractivity contribution is -0.139. The van der Waals surface area contributed by atoms with E-state index in [0.29, 0.717) is 25.2 Å². The number of carbonyl (C=O) groups is 2. The van der Waals surface area contributed by atoms with E-state index in [0.717, 1.165) is 42.6 Å². The lowest BCUT2D eigenvalue weighted by Gasteiger charge is -2.24. The van der Waals surface area contributed by atoms with Gasteiger partial charge < -0.3 is 14.2 Å². The first kappa shape index (κ1) is 24.0. The fourth-order valence-electron chi connectivity index (χ4n) is 4.04. The minimum atomic E-state index is -3.74. The molecular weight excluding hydrogens is 430 g/mol. The molecule has 0 aliphatic carbocycles. The van der Waals surface area contributed by atoms with Gasteiger partial charge in [-0.05, 0) is 57.4 Å². The molecular formula is C23H31N3O5S. The fourth-order valence-corrected chi connectivity index (χ4v) is 4.56. The molecule has 0 bridgehead atoms. The summed E-state index contributed by atoms with van der Waals surface area (Å²) in [5, 5.41) is 5.15. The van der Waals surface area contributed by atoms with Crippen molar-refractivity contribution < 1.29 is 22.7 Å². The second-order valence-corrected chi connectivity index (χ2v) is 9.91. The first-order chi connectivity index (χ1) is 15.1. The van der Waals surface area contributed by atoms with Gasteiger partial charge in [-0.15, -0.1) is 0 Å². The summed E-state index contributed by atoms with van der Waals surface area (Å²) in [5.74, 6) is -0.673. The van der Waals surface area contributed by atoms with E-state index >= 15 is 0 Å². The number of likely N-dealkylation sites (tertiary alicyclic amines) is 1. The number of nitrogens with two attached hydrogens (primary N) is 1. The van der Waals surface area contributed by atoms with E-state index in [1.54, 1.807) is 30.0 Å². The summed E-state index contributed by atoms with van der Waals surface area (Å²) in [6.45, 7) is 7.20. The van der Waals surface area contributed by atoms with E-state index in [2.05, 4.69) is 0 Å². The van der Waals surface area contributed by atoms with Crippen LogP contribution in [0, 0.1) is 13.8 Å². The molecule has 1 fully saturated rings. The minimum Gasteiger partial charge on any atom is -0.449 e. The molecule has 0 unspecified atom stereocenters. The van der Waals surface area contributed by atoms with Gasteiger partial charge in [0.15, 0.2) is 6.10 Å². The van der Waals surface area contributed by atoms with Crippen LogP contribution in [0.4, 0.5) is 0 Å². The molecule has 3 rings (SSSR count). The van der Waals surface area contributed by atoms with Gasteiger partial charge in [0.2, 0.25) is 10.0 Å². The first-order valence-electron chi connectivity index (χ1n) is 10.9. The molecule has 1 aromatic carbocycles. The second kappa shape index (κ2) is 9.87. The topological polar surface area (TPSA) is 112 Å². The Kier molecular flexibility index (Phi) is 7.40. The number of hydrogen-bond acceptors (Lipinski definition) is 5. The van der Waals surface area contributed by atoms with Crippen LogP contribution >= 0.6 is 0 Å². The Morgan fingerprint density at radius 3 is 2.22 bits per heavy atom. The maximum absolute atomic E-state index is 12.8. The summed E-state index contributed by atoms with van der Waals surface area (Å²) < 4.78 is 30.3. The Hall–Kier alpha value is -2.65. The number of benzene rings is 1. The van der Waals surface area contributed by atoms with Crippen molar-refractivity contribution in [3.63, 3.8) is 0 Å². The van der Waals surface area contributed by atoms with E-state index in [1.807, 2.05) is 18.4 Å². The van der Waals surface area contributed by atoms with Gasteiger partial charge in [0.25, 0.3) is 5.91 Å². The van der Waals surface area contributed by atoms with Gasteiger partial charge in [-0.1, -0.05) is 25.0 Å². The minimum absolute atomic E-state index is 0.0505. The van der Waals surface area contributed by atoms with E-state index < -0.39 is 22.1 Å². The number of aromatic nitrogens is 1. The largest absolute Gasteiger partial charge is 0.449 e.